The van der Waals surface area contributed by atoms with Crippen molar-refractivity contribution in [3.8, 4) is 0 Å². The third kappa shape index (κ3) is 3.08. The minimum Gasteiger partial charge on any atom is -0.349 e. The van der Waals surface area contributed by atoms with Crippen molar-refractivity contribution in [2.45, 2.75) is 18.9 Å². The number of piperidine rings is 1. The van der Waals surface area contributed by atoms with Crippen molar-refractivity contribution >= 4 is 23.7 Å². The van der Waals surface area contributed by atoms with E-state index in [9.17, 15) is 19.2 Å². The van der Waals surface area contributed by atoms with E-state index in [1.54, 1.807) is 12.1 Å². The quantitative estimate of drug-likeness (QED) is 0.841. The number of nitrogens with zero attached hydrogens (tertiary/aromatic N) is 1. The van der Waals surface area contributed by atoms with E-state index < -0.39 is 23.7 Å². The summed E-state index contributed by atoms with van der Waals surface area (Å²) in [6.07, 6.45) is 0.281. The first-order valence-electron chi connectivity index (χ1n) is 8.58. The molecule has 2 atom stereocenters. The summed E-state index contributed by atoms with van der Waals surface area (Å²) in [6, 6.07) is 15.2. The molecule has 0 unspecified atom stereocenters. The lowest BCUT2D eigenvalue weighted by molar-refractivity contribution is -0.176. The van der Waals surface area contributed by atoms with Crippen LogP contribution >= 0.6 is 0 Å². The van der Waals surface area contributed by atoms with E-state index in [2.05, 4.69) is 5.32 Å². The van der Waals surface area contributed by atoms with Gasteiger partial charge in [0, 0.05) is 6.42 Å². The number of imide groups is 1. The highest BCUT2D eigenvalue weighted by Crippen LogP contribution is 2.30. The van der Waals surface area contributed by atoms with Gasteiger partial charge in [-0.3, -0.25) is 14.4 Å². The Morgan fingerprint density at radius 3 is 2.15 bits per heavy atom. The van der Waals surface area contributed by atoms with Crippen LogP contribution in [0.1, 0.15) is 45.2 Å². The summed E-state index contributed by atoms with van der Waals surface area (Å²) in [5.74, 6) is -3.14. The number of carbonyl (C=O) groups excluding carboxylic acids is 4. The van der Waals surface area contributed by atoms with Crippen LogP contribution < -0.4 is 5.32 Å². The highest BCUT2D eigenvalue weighted by molar-refractivity contribution is 6.20. The zero-order valence-electron chi connectivity index (χ0n) is 14.3. The number of amides is 3. The van der Waals surface area contributed by atoms with E-state index >= 15 is 0 Å². The van der Waals surface area contributed by atoms with Gasteiger partial charge in [0.25, 0.3) is 11.8 Å². The largest absolute Gasteiger partial charge is 0.349 e. The summed E-state index contributed by atoms with van der Waals surface area (Å²) in [4.78, 5) is 54.4. The molecule has 1 saturated heterocycles. The van der Waals surface area contributed by atoms with Gasteiger partial charge in [0.1, 0.15) is 0 Å². The van der Waals surface area contributed by atoms with Crippen LogP contribution in [0.4, 0.5) is 0 Å². The van der Waals surface area contributed by atoms with Crippen LogP contribution in [0.2, 0.25) is 0 Å². The van der Waals surface area contributed by atoms with E-state index in [-0.39, 0.29) is 29.5 Å². The zero-order valence-corrected chi connectivity index (χ0v) is 14.3. The minimum absolute atomic E-state index is 0.0503. The predicted molar refractivity (Wildman–Crippen MR) is 93.1 cm³/mol. The molecule has 2 aliphatic heterocycles. The Balaban J connectivity index is 1.49. The Hall–Kier alpha value is -3.48. The van der Waals surface area contributed by atoms with Gasteiger partial charge >= 0.3 is 5.97 Å². The first-order chi connectivity index (χ1) is 13.0. The molecule has 2 aliphatic rings. The Kier molecular flexibility index (Phi) is 4.19. The summed E-state index contributed by atoms with van der Waals surface area (Å²) in [5.41, 5.74) is 1.27. The molecule has 4 rings (SSSR count). The first-order valence-corrected chi connectivity index (χ1v) is 8.58. The van der Waals surface area contributed by atoms with Crippen molar-refractivity contribution in [2.24, 2.45) is 5.92 Å². The van der Waals surface area contributed by atoms with E-state index in [0.29, 0.717) is 11.5 Å². The van der Waals surface area contributed by atoms with Crippen LogP contribution in [-0.4, -0.2) is 28.8 Å². The second-order valence-corrected chi connectivity index (χ2v) is 6.53. The maximum Gasteiger partial charge on any atom is 0.336 e. The molecular weight excluding hydrogens is 348 g/mol. The van der Waals surface area contributed by atoms with Gasteiger partial charge in [-0.25, -0.2) is 4.79 Å². The average molecular weight is 364 g/mol. The van der Waals surface area contributed by atoms with Crippen LogP contribution in [0.3, 0.4) is 0 Å². The van der Waals surface area contributed by atoms with E-state index in [0.717, 1.165) is 5.56 Å². The fraction of sp³-hybridized carbons (Fsp3) is 0.200. The Morgan fingerprint density at radius 1 is 0.926 bits per heavy atom. The van der Waals surface area contributed by atoms with Gasteiger partial charge in [-0.1, -0.05) is 47.5 Å². The third-order valence-corrected chi connectivity index (χ3v) is 4.76. The van der Waals surface area contributed by atoms with Crippen LogP contribution in [0, 0.1) is 5.92 Å². The van der Waals surface area contributed by atoms with Crippen LogP contribution in [0.15, 0.2) is 54.6 Å². The molecule has 1 fully saturated rings. The number of nitrogens with one attached hydrogen (secondary N) is 1. The number of fused-ring (bicyclic) bond motifs is 1. The maximum absolute atomic E-state index is 12.6. The lowest BCUT2D eigenvalue weighted by Crippen LogP contribution is -2.42. The van der Waals surface area contributed by atoms with Gasteiger partial charge in [-0.2, -0.15) is 0 Å². The molecule has 7 nitrogen and oxygen atoms in total. The third-order valence-electron chi connectivity index (χ3n) is 4.76. The van der Waals surface area contributed by atoms with Crippen molar-refractivity contribution in [1.82, 2.24) is 10.4 Å². The number of benzene rings is 2. The van der Waals surface area contributed by atoms with E-state index in [1.807, 2.05) is 30.3 Å². The number of hydrogen-bond acceptors (Lipinski definition) is 5. The van der Waals surface area contributed by atoms with Gasteiger partial charge in [-0.15, -0.1) is 0 Å². The van der Waals surface area contributed by atoms with Crippen LogP contribution in [0.25, 0.3) is 0 Å². The highest BCUT2D eigenvalue weighted by Gasteiger charge is 2.41. The van der Waals surface area contributed by atoms with Crippen LogP contribution in [0.5, 0.6) is 0 Å². The molecule has 2 aromatic carbocycles. The van der Waals surface area contributed by atoms with Crippen molar-refractivity contribution in [2.75, 3.05) is 0 Å². The lowest BCUT2D eigenvalue weighted by Gasteiger charge is -2.29. The molecule has 7 heteroatoms. The van der Waals surface area contributed by atoms with Crippen LogP contribution in [-0.2, 0) is 14.4 Å². The predicted octanol–water partition coefficient (Wildman–Crippen LogP) is 2.01. The van der Waals surface area contributed by atoms with E-state index in [4.69, 9.17) is 4.84 Å². The SMILES string of the molecule is O=C1C[C@H](C(=O)ON2C(=O)c3ccccc3C2=O)C[C@H](c2ccccc2)N1. The summed E-state index contributed by atoms with van der Waals surface area (Å²) in [7, 11) is 0. The smallest absolute Gasteiger partial charge is 0.336 e. The monoisotopic (exact) mass is 364 g/mol. The Morgan fingerprint density at radius 2 is 1.52 bits per heavy atom. The normalized spacial score (nSPS) is 21.6. The number of hydroxylamine groups is 2. The second-order valence-electron chi connectivity index (χ2n) is 6.53. The lowest BCUT2D eigenvalue weighted by atomic mass is 9.88. The molecule has 0 bridgehead atoms. The Bertz CT molecular complexity index is 905. The van der Waals surface area contributed by atoms with Gasteiger partial charge < -0.3 is 10.2 Å². The van der Waals surface area contributed by atoms with Crippen molar-refractivity contribution in [3.05, 3.63) is 71.3 Å². The number of hydrogen-bond donors (Lipinski definition) is 1. The molecule has 0 saturated carbocycles. The number of rotatable bonds is 3. The van der Waals surface area contributed by atoms with E-state index in [1.165, 1.54) is 12.1 Å². The number of carbonyl (C=O) groups is 4. The standard InChI is InChI=1S/C20H16N2O5/c23-17-11-13(10-16(21-17)12-6-2-1-3-7-12)20(26)27-22-18(24)14-8-4-5-9-15(14)19(22)25/h1-9,13,16H,10-11H2,(H,21,23)/t13-,16-/m1/s1. The molecule has 1 N–H and O–H groups in total. The molecule has 3 amide bonds. The summed E-state index contributed by atoms with van der Waals surface area (Å²) >= 11 is 0. The summed E-state index contributed by atoms with van der Waals surface area (Å²) in [6.45, 7) is 0. The van der Waals surface area contributed by atoms with Crippen molar-refractivity contribution in [1.29, 1.82) is 0 Å². The van der Waals surface area contributed by atoms with Gasteiger partial charge in [0.05, 0.1) is 23.1 Å². The maximum atomic E-state index is 12.6. The molecule has 0 spiro atoms. The molecule has 2 aromatic rings. The summed E-state index contributed by atoms with van der Waals surface area (Å²) < 4.78 is 0. The van der Waals surface area contributed by atoms with Gasteiger partial charge in [0.2, 0.25) is 5.91 Å². The fourth-order valence-electron chi connectivity index (χ4n) is 3.40. The summed E-state index contributed by atoms with van der Waals surface area (Å²) in [5, 5.41) is 3.33. The van der Waals surface area contributed by atoms with Crippen molar-refractivity contribution < 1.29 is 24.0 Å². The molecule has 136 valence electrons. The Labute approximate surface area is 154 Å². The first kappa shape index (κ1) is 17.0. The molecular formula is C20H16N2O5. The fourth-order valence-corrected chi connectivity index (χ4v) is 3.40. The molecule has 0 aliphatic carbocycles. The molecule has 2 heterocycles. The second kappa shape index (κ2) is 6.68. The van der Waals surface area contributed by atoms with Gasteiger partial charge in [-0.05, 0) is 24.1 Å². The van der Waals surface area contributed by atoms with Crippen molar-refractivity contribution in [3.63, 3.8) is 0 Å². The minimum atomic E-state index is -0.764. The average Bonchev–Trinajstić information content (AvgIpc) is 2.93. The molecule has 0 radical (unpaired) electrons. The molecule has 0 aromatic heterocycles. The van der Waals surface area contributed by atoms with Gasteiger partial charge in [0.15, 0.2) is 0 Å². The zero-order chi connectivity index (χ0) is 19.0. The highest BCUT2D eigenvalue weighted by atomic mass is 16.7. The molecule has 27 heavy (non-hydrogen) atoms. The topological polar surface area (TPSA) is 92.8 Å².